The van der Waals surface area contributed by atoms with Crippen molar-refractivity contribution in [1.29, 1.82) is 0 Å². The zero-order valence-corrected chi connectivity index (χ0v) is 19.5. The molecule has 3 heteroatoms. The Bertz CT molecular complexity index is 956. The van der Waals surface area contributed by atoms with E-state index in [4.69, 9.17) is 4.98 Å². The third-order valence-electron chi connectivity index (χ3n) is 5.05. The van der Waals surface area contributed by atoms with Gasteiger partial charge in [0, 0.05) is 17.1 Å². The minimum atomic E-state index is -1.46. The van der Waals surface area contributed by atoms with Crippen LogP contribution in [0.25, 0.3) is 22.0 Å². The van der Waals surface area contributed by atoms with Crippen LogP contribution >= 0.6 is 0 Å². The molecule has 0 aliphatic heterocycles. The Labute approximate surface area is 160 Å². The summed E-state index contributed by atoms with van der Waals surface area (Å²) in [4.78, 5) is 4.84. The first-order valence-corrected chi connectivity index (χ1v) is 16.5. The molecule has 1 nitrogen and oxygen atoms in total. The molecule has 136 valence electrons. The van der Waals surface area contributed by atoms with Gasteiger partial charge in [0.05, 0.1) is 21.8 Å². The zero-order chi connectivity index (χ0) is 19.3. The van der Waals surface area contributed by atoms with Crippen LogP contribution in [0.1, 0.15) is 11.1 Å². The van der Waals surface area contributed by atoms with E-state index in [-0.39, 0.29) is 0 Å². The fraction of sp³-hybridized carbons (Fsp3) is 0.348. The molecule has 0 spiro atoms. The Balaban J connectivity index is 2.42. The highest BCUT2D eigenvalue weighted by Gasteiger charge is 2.25. The minimum Gasteiger partial charge on any atom is -0.256 e. The molecule has 0 saturated carbocycles. The summed E-state index contributed by atoms with van der Waals surface area (Å²) in [5, 5.41) is 5.84. The van der Waals surface area contributed by atoms with Crippen molar-refractivity contribution in [3.05, 3.63) is 53.7 Å². The first-order chi connectivity index (χ1) is 12.0. The van der Waals surface area contributed by atoms with Crippen molar-refractivity contribution in [3.63, 3.8) is 0 Å². The summed E-state index contributed by atoms with van der Waals surface area (Å²) in [6.07, 6.45) is 1.99. The highest BCUT2D eigenvalue weighted by molar-refractivity contribution is 6.92. The second-order valence-electron chi connectivity index (χ2n) is 9.65. The van der Waals surface area contributed by atoms with Crippen molar-refractivity contribution in [2.24, 2.45) is 0 Å². The third-order valence-corrected chi connectivity index (χ3v) is 9.10. The van der Waals surface area contributed by atoms with Gasteiger partial charge in [-0.05, 0) is 37.4 Å². The van der Waals surface area contributed by atoms with Crippen molar-refractivity contribution < 1.29 is 0 Å². The van der Waals surface area contributed by atoms with Crippen LogP contribution in [-0.4, -0.2) is 21.1 Å². The first kappa shape index (κ1) is 19.1. The van der Waals surface area contributed by atoms with Gasteiger partial charge in [-0.25, -0.2) is 0 Å². The van der Waals surface area contributed by atoms with Gasteiger partial charge in [-0.3, -0.25) is 4.98 Å². The van der Waals surface area contributed by atoms with Crippen molar-refractivity contribution in [1.82, 2.24) is 4.98 Å². The fourth-order valence-electron chi connectivity index (χ4n) is 3.68. The molecule has 3 rings (SSSR count). The van der Waals surface area contributed by atoms with Gasteiger partial charge in [-0.15, -0.1) is 0 Å². The molecule has 26 heavy (non-hydrogen) atoms. The Morgan fingerprint density at radius 3 is 1.85 bits per heavy atom. The molecule has 2 aromatic carbocycles. The maximum absolute atomic E-state index is 4.84. The van der Waals surface area contributed by atoms with Crippen LogP contribution in [0.4, 0.5) is 0 Å². The largest absolute Gasteiger partial charge is 0.256 e. The topological polar surface area (TPSA) is 12.9 Å². The number of hydrogen-bond donors (Lipinski definition) is 0. The lowest BCUT2D eigenvalue weighted by Crippen LogP contribution is -2.45. The fourth-order valence-corrected chi connectivity index (χ4v) is 6.59. The molecule has 0 atom stereocenters. The van der Waals surface area contributed by atoms with E-state index < -0.39 is 16.1 Å². The van der Waals surface area contributed by atoms with Gasteiger partial charge in [0.25, 0.3) is 0 Å². The van der Waals surface area contributed by atoms with Crippen LogP contribution < -0.4 is 10.4 Å². The monoisotopic (exact) mass is 377 g/mol. The Morgan fingerprint density at radius 1 is 0.692 bits per heavy atom. The van der Waals surface area contributed by atoms with Crippen LogP contribution in [0.15, 0.2) is 42.6 Å². The van der Waals surface area contributed by atoms with E-state index in [0.717, 1.165) is 5.69 Å². The predicted octanol–water partition coefficient (Wildman–Crippen LogP) is 5.61. The van der Waals surface area contributed by atoms with Crippen LogP contribution in [0.2, 0.25) is 39.3 Å². The smallest absolute Gasteiger partial charge is 0.0784 e. The van der Waals surface area contributed by atoms with E-state index in [9.17, 15) is 0 Å². The quantitative estimate of drug-likeness (QED) is 0.541. The molecule has 1 aromatic heterocycles. The zero-order valence-electron chi connectivity index (χ0n) is 17.5. The predicted molar refractivity (Wildman–Crippen MR) is 123 cm³/mol. The minimum absolute atomic E-state index is 1.13. The van der Waals surface area contributed by atoms with Crippen LogP contribution in [0, 0.1) is 13.8 Å². The number of hydrogen-bond acceptors (Lipinski definition) is 1. The molecule has 0 fully saturated rings. The van der Waals surface area contributed by atoms with Crippen molar-refractivity contribution in [2.45, 2.75) is 53.1 Å². The van der Waals surface area contributed by atoms with Gasteiger partial charge in [0.2, 0.25) is 0 Å². The summed E-state index contributed by atoms with van der Waals surface area (Å²) in [7, 11) is -2.87. The maximum Gasteiger partial charge on any atom is 0.0784 e. The van der Waals surface area contributed by atoms with Gasteiger partial charge in [-0.1, -0.05) is 79.0 Å². The second kappa shape index (κ2) is 6.47. The van der Waals surface area contributed by atoms with Crippen molar-refractivity contribution in [3.8, 4) is 11.3 Å². The normalized spacial score (nSPS) is 12.6. The van der Waals surface area contributed by atoms with Crippen molar-refractivity contribution in [2.75, 3.05) is 0 Å². The van der Waals surface area contributed by atoms with Crippen molar-refractivity contribution >= 4 is 37.3 Å². The summed E-state index contributed by atoms with van der Waals surface area (Å²) in [5.74, 6) is 0. The molecule has 0 radical (unpaired) electrons. The van der Waals surface area contributed by atoms with Gasteiger partial charge < -0.3 is 0 Å². The van der Waals surface area contributed by atoms with E-state index >= 15 is 0 Å². The molecule has 3 aromatic rings. The molecule has 0 N–H and O–H groups in total. The summed E-state index contributed by atoms with van der Waals surface area (Å²) < 4.78 is 0. The molecule has 0 aliphatic carbocycles. The second-order valence-corrected chi connectivity index (χ2v) is 19.8. The lowest BCUT2D eigenvalue weighted by atomic mass is 10.0. The number of rotatable bonds is 3. The Kier molecular flexibility index (Phi) is 4.74. The molecule has 0 amide bonds. The molecule has 0 aliphatic rings. The lowest BCUT2D eigenvalue weighted by molar-refractivity contribution is 1.33. The van der Waals surface area contributed by atoms with Crippen LogP contribution in [-0.2, 0) is 0 Å². The van der Waals surface area contributed by atoms with E-state index in [2.05, 4.69) is 89.5 Å². The SMILES string of the molecule is Cc1cc(C)cc(-c2nccc3c([Si](C)(C)C)cc([Si](C)(C)C)cc23)c1. The summed E-state index contributed by atoms with van der Waals surface area (Å²) >= 11 is 0. The number of nitrogens with zero attached hydrogens (tertiary/aromatic N) is 1. The highest BCUT2D eigenvalue weighted by atomic mass is 28.3. The number of aromatic nitrogens is 1. The van der Waals surface area contributed by atoms with Gasteiger partial charge >= 0.3 is 0 Å². The molecular weight excluding hydrogens is 346 g/mol. The van der Waals surface area contributed by atoms with E-state index in [1.807, 2.05) is 6.20 Å². The summed E-state index contributed by atoms with van der Waals surface area (Å²) in [5.41, 5.74) is 4.97. The van der Waals surface area contributed by atoms with Crippen LogP contribution in [0.5, 0.6) is 0 Å². The molecule has 0 bridgehead atoms. The van der Waals surface area contributed by atoms with E-state index in [1.54, 1.807) is 10.4 Å². The van der Waals surface area contributed by atoms with E-state index in [0.29, 0.717) is 0 Å². The number of fused-ring (bicyclic) bond motifs is 1. The van der Waals surface area contributed by atoms with Gasteiger partial charge in [0.15, 0.2) is 0 Å². The number of pyridine rings is 1. The third kappa shape index (κ3) is 3.69. The number of benzene rings is 2. The molecular formula is C23H31NSi2. The highest BCUT2D eigenvalue weighted by Crippen LogP contribution is 2.28. The summed E-state index contributed by atoms with van der Waals surface area (Å²) in [6, 6.07) is 13.9. The van der Waals surface area contributed by atoms with Crippen LogP contribution in [0.3, 0.4) is 0 Å². The lowest BCUT2D eigenvalue weighted by Gasteiger charge is -2.25. The standard InChI is InChI=1S/C23H31NSi2/c1-16-11-17(2)13-18(12-16)23-21-14-19(25(3,4)5)15-22(26(6,7)8)20(21)9-10-24-23/h9-15H,1-8H3. The van der Waals surface area contributed by atoms with E-state index in [1.165, 1.54) is 27.5 Å². The maximum atomic E-state index is 4.84. The average molecular weight is 378 g/mol. The molecule has 0 saturated heterocycles. The summed E-state index contributed by atoms with van der Waals surface area (Å²) in [6.45, 7) is 19.0. The van der Waals surface area contributed by atoms with Gasteiger partial charge in [-0.2, -0.15) is 0 Å². The Morgan fingerprint density at radius 2 is 1.31 bits per heavy atom. The number of aryl methyl sites for hydroxylation is 2. The first-order valence-electron chi connectivity index (χ1n) is 9.49. The average Bonchev–Trinajstić information content (AvgIpc) is 2.50. The Hall–Kier alpha value is -1.72. The molecule has 1 heterocycles. The van der Waals surface area contributed by atoms with Gasteiger partial charge in [0.1, 0.15) is 0 Å². The molecule has 0 unspecified atom stereocenters.